The van der Waals surface area contributed by atoms with E-state index < -0.39 is 11.9 Å². The minimum absolute atomic E-state index is 0.185. The van der Waals surface area contributed by atoms with Crippen LogP contribution in [0.3, 0.4) is 0 Å². The van der Waals surface area contributed by atoms with E-state index in [-0.39, 0.29) is 6.61 Å². The van der Waals surface area contributed by atoms with Gasteiger partial charge in [-0.05, 0) is 55.0 Å². The number of carbonyl (C=O) groups is 2. The molecule has 0 aliphatic rings. The van der Waals surface area contributed by atoms with Crippen molar-refractivity contribution in [3.05, 3.63) is 59.7 Å². The van der Waals surface area contributed by atoms with Crippen molar-refractivity contribution in [2.24, 2.45) is 0 Å². The predicted molar refractivity (Wildman–Crippen MR) is 100 cm³/mol. The van der Waals surface area contributed by atoms with Crippen LogP contribution >= 0.6 is 0 Å². The van der Waals surface area contributed by atoms with Gasteiger partial charge in [0.1, 0.15) is 18.1 Å². The molecule has 0 amide bonds. The Hall–Kier alpha value is -2.86. The molecule has 0 aliphatic heterocycles. The van der Waals surface area contributed by atoms with E-state index in [0.717, 1.165) is 18.6 Å². The summed E-state index contributed by atoms with van der Waals surface area (Å²) in [5, 5.41) is 0. The first kappa shape index (κ1) is 20.5. The molecule has 0 saturated carbocycles. The van der Waals surface area contributed by atoms with Crippen LogP contribution in [0.4, 0.5) is 0 Å². The number of unbranched alkanes of at least 4 members (excludes halogenated alkanes) is 1. The zero-order chi connectivity index (χ0) is 19.5. The third kappa shape index (κ3) is 6.75. The second-order valence-corrected chi connectivity index (χ2v) is 5.77. The summed E-state index contributed by atoms with van der Waals surface area (Å²) in [6, 6.07) is 13.0. The van der Waals surface area contributed by atoms with Crippen molar-refractivity contribution < 1.29 is 28.5 Å². The molecule has 0 spiro atoms. The summed E-state index contributed by atoms with van der Waals surface area (Å²) in [7, 11) is 1.53. The van der Waals surface area contributed by atoms with Crippen molar-refractivity contribution in [2.75, 3.05) is 26.9 Å². The average molecular weight is 372 g/mol. The summed E-state index contributed by atoms with van der Waals surface area (Å²) in [6.45, 7) is 3.27. The molecule has 2 rings (SSSR count). The second-order valence-electron chi connectivity index (χ2n) is 5.77. The van der Waals surface area contributed by atoms with Gasteiger partial charge in [0.15, 0.2) is 0 Å². The van der Waals surface area contributed by atoms with Crippen molar-refractivity contribution in [2.45, 2.75) is 19.8 Å². The summed E-state index contributed by atoms with van der Waals surface area (Å²) in [6.07, 6.45) is 2.05. The molecule has 0 N–H and O–H groups in total. The van der Waals surface area contributed by atoms with Crippen molar-refractivity contribution >= 4 is 11.9 Å². The Labute approximate surface area is 159 Å². The molecule has 0 bridgehead atoms. The van der Waals surface area contributed by atoms with Crippen LogP contribution in [0.25, 0.3) is 0 Å². The Morgan fingerprint density at radius 2 is 1.37 bits per heavy atom. The normalized spacial score (nSPS) is 10.3. The minimum atomic E-state index is -0.481. The quantitative estimate of drug-likeness (QED) is 0.358. The monoisotopic (exact) mass is 372 g/mol. The topological polar surface area (TPSA) is 71.1 Å². The summed E-state index contributed by atoms with van der Waals surface area (Å²) in [4.78, 5) is 24.0. The molecule has 6 nitrogen and oxygen atoms in total. The molecular weight excluding hydrogens is 348 g/mol. The molecule has 0 fully saturated rings. The van der Waals surface area contributed by atoms with Gasteiger partial charge in [0.2, 0.25) is 0 Å². The van der Waals surface area contributed by atoms with Crippen LogP contribution < -0.4 is 9.47 Å². The van der Waals surface area contributed by atoms with E-state index in [0.29, 0.717) is 30.1 Å². The highest BCUT2D eigenvalue weighted by Crippen LogP contribution is 2.17. The fourth-order valence-corrected chi connectivity index (χ4v) is 2.15. The number of hydrogen-bond acceptors (Lipinski definition) is 6. The first-order chi connectivity index (χ1) is 13.1. The standard InChI is InChI=1S/C21H24O6/c1-3-4-13-25-18-9-5-17(6-10-18)21(23)27-19-11-7-16(8-12-19)20(22)26-15-14-24-2/h5-12H,3-4,13-15H2,1-2H3. The third-order valence-corrected chi connectivity index (χ3v) is 3.68. The molecule has 0 aromatic heterocycles. The van der Waals surface area contributed by atoms with Crippen LogP contribution in [0.5, 0.6) is 11.5 Å². The van der Waals surface area contributed by atoms with Crippen LogP contribution in [0, 0.1) is 0 Å². The van der Waals surface area contributed by atoms with E-state index in [1.165, 1.54) is 7.11 Å². The zero-order valence-corrected chi connectivity index (χ0v) is 15.6. The van der Waals surface area contributed by atoms with Gasteiger partial charge in [0.25, 0.3) is 0 Å². The smallest absolute Gasteiger partial charge is 0.343 e. The lowest BCUT2D eigenvalue weighted by Crippen LogP contribution is -2.11. The Morgan fingerprint density at radius 3 is 1.96 bits per heavy atom. The van der Waals surface area contributed by atoms with Crippen LogP contribution in [-0.4, -0.2) is 38.9 Å². The van der Waals surface area contributed by atoms with Gasteiger partial charge in [-0.15, -0.1) is 0 Å². The van der Waals surface area contributed by atoms with E-state index in [1.807, 2.05) is 0 Å². The molecule has 0 radical (unpaired) electrons. The Morgan fingerprint density at radius 1 is 0.778 bits per heavy atom. The van der Waals surface area contributed by atoms with Gasteiger partial charge < -0.3 is 18.9 Å². The van der Waals surface area contributed by atoms with Gasteiger partial charge in [-0.1, -0.05) is 13.3 Å². The van der Waals surface area contributed by atoms with Gasteiger partial charge in [-0.25, -0.2) is 9.59 Å². The SMILES string of the molecule is CCCCOc1ccc(C(=O)Oc2ccc(C(=O)OCCOC)cc2)cc1. The van der Waals surface area contributed by atoms with Crippen molar-refractivity contribution in [1.29, 1.82) is 0 Å². The lowest BCUT2D eigenvalue weighted by molar-refractivity contribution is 0.0388. The molecule has 6 heteroatoms. The van der Waals surface area contributed by atoms with Crippen LogP contribution in [0.1, 0.15) is 40.5 Å². The fraction of sp³-hybridized carbons (Fsp3) is 0.333. The van der Waals surface area contributed by atoms with Gasteiger partial charge in [0, 0.05) is 7.11 Å². The fourth-order valence-electron chi connectivity index (χ4n) is 2.15. The second kappa shape index (κ2) is 11.0. The number of rotatable bonds is 10. The van der Waals surface area contributed by atoms with E-state index >= 15 is 0 Å². The van der Waals surface area contributed by atoms with Crippen molar-refractivity contribution in [3.63, 3.8) is 0 Å². The lowest BCUT2D eigenvalue weighted by atomic mass is 10.2. The first-order valence-electron chi connectivity index (χ1n) is 8.85. The number of hydrogen-bond donors (Lipinski definition) is 0. The molecule has 27 heavy (non-hydrogen) atoms. The first-order valence-corrected chi connectivity index (χ1v) is 8.85. The van der Waals surface area contributed by atoms with Crippen molar-refractivity contribution in [1.82, 2.24) is 0 Å². The molecule has 0 unspecified atom stereocenters. The van der Waals surface area contributed by atoms with Gasteiger partial charge in [-0.2, -0.15) is 0 Å². The largest absolute Gasteiger partial charge is 0.494 e. The average Bonchev–Trinajstić information content (AvgIpc) is 2.69. The van der Waals surface area contributed by atoms with Gasteiger partial charge in [0.05, 0.1) is 24.3 Å². The lowest BCUT2D eigenvalue weighted by Gasteiger charge is -2.08. The number of ether oxygens (including phenoxy) is 4. The zero-order valence-electron chi connectivity index (χ0n) is 15.6. The Bertz CT molecular complexity index is 721. The maximum atomic E-state index is 12.2. The summed E-state index contributed by atoms with van der Waals surface area (Å²) < 4.78 is 20.7. The van der Waals surface area contributed by atoms with E-state index in [4.69, 9.17) is 18.9 Å². The summed E-state index contributed by atoms with van der Waals surface area (Å²) in [5.41, 5.74) is 0.792. The molecule has 2 aromatic carbocycles. The number of esters is 2. The maximum Gasteiger partial charge on any atom is 0.343 e. The van der Waals surface area contributed by atoms with Crippen LogP contribution in [0.2, 0.25) is 0 Å². The van der Waals surface area contributed by atoms with Gasteiger partial charge >= 0.3 is 11.9 Å². The highest BCUT2D eigenvalue weighted by atomic mass is 16.6. The number of methoxy groups -OCH3 is 1. The van der Waals surface area contributed by atoms with Crippen molar-refractivity contribution in [3.8, 4) is 11.5 Å². The highest BCUT2D eigenvalue weighted by Gasteiger charge is 2.11. The van der Waals surface area contributed by atoms with E-state index in [9.17, 15) is 9.59 Å². The Balaban J connectivity index is 1.88. The highest BCUT2D eigenvalue weighted by molar-refractivity contribution is 5.92. The number of carbonyl (C=O) groups excluding carboxylic acids is 2. The number of benzene rings is 2. The van der Waals surface area contributed by atoms with E-state index in [1.54, 1.807) is 48.5 Å². The molecule has 144 valence electrons. The Kier molecular flexibility index (Phi) is 8.32. The molecule has 0 atom stereocenters. The molecule has 0 aliphatic carbocycles. The van der Waals surface area contributed by atoms with Gasteiger partial charge in [-0.3, -0.25) is 0 Å². The predicted octanol–water partition coefficient (Wildman–Crippen LogP) is 3.89. The summed E-state index contributed by atoms with van der Waals surface area (Å²) >= 11 is 0. The van der Waals surface area contributed by atoms with Crippen LogP contribution in [-0.2, 0) is 9.47 Å². The van der Waals surface area contributed by atoms with Crippen LogP contribution in [0.15, 0.2) is 48.5 Å². The third-order valence-electron chi connectivity index (χ3n) is 3.68. The molecular formula is C21H24O6. The van der Waals surface area contributed by atoms with E-state index in [2.05, 4.69) is 6.92 Å². The summed E-state index contributed by atoms with van der Waals surface area (Å²) in [5.74, 6) is 0.127. The maximum absolute atomic E-state index is 12.2. The molecule has 0 saturated heterocycles. The minimum Gasteiger partial charge on any atom is -0.494 e. The molecule has 0 heterocycles. The molecule has 2 aromatic rings.